The minimum absolute atomic E-state index is 0.197. The Labute approximate surface area is 193 Å². The number of aryl methyl sites for hydroxylation is 1. The summed E-state index contributed by atoms with van der Waals surface area (Å²) in [5, 5.41) is 0.265. The number of thioether (sulfide) groups is 1. The average molecular weight is 470 g/mol. The monoisotopic (exact) mass is 469 g/mol. The molecule has 0 N–H and O–H groups in total. The summed E-state index contributed by atoms with van der Waals surface area (Å²) in [6, 6.07) is 15.6. The van der Waals surface area contributed by atoms with Crippen LogP contribution < -0.4 is 4.74 Å². The van der Waals surface area contributed by atoms with Crippen LogP contribution in [0.2, 0.25) is 5.02 Å². The van der Waals surface area contributed by atoms with Crippen molar-refractivity contribution in [2.45, 2.75) is 13.5 Å². The van der Waals surface area contributed by atoms with Gasteiger partial charge in [-0.25, -0.2) is 4.79 Å². The fourth-order valence-electron chi connectivity index (χ4n) is 2.97. The van der Waals surface area contributed by atoms with Crippen LogP contribution in [0.3, 0.4) is 0 Å². The van der Waals surface area contributed by atoms with Gasteiger partial charge in [0.15, 0.2) is 0 Å². The SMILES string of the molecule is Cc1cccc(C(=O)Oc2ccc(C=C3SC(=S)N(Cc4ccco4)C3=O)cc2Cl)c1. The smallest absolute Gasteiger partial charge is 0.343 e. The van der Waals surface area contributed by atoms with Crippen LogP contribution in [0.4, 0.5) is 0 Å². The topological polar surface area (TPSA) is 59.8 Å². The van der Waals surface area contributed by atoms with Gasteiger partial charge in [-0.2, -0.15) is 0 Å². The molecule has 0 saturated carbocycles. The summed E-state index contributed by atoms with van der Waals surface area (Å²) in [6.45, 7) is 2.18. The normalized spacial score (nSPS) is 15.0. The molecule has 156 valence electrons. The third-order valence-corrected chi connectivity index (χ3v) is 6.15. The fraction of sp³-hybridized carbons (Fsp3) is 0.0870. The third-order valence-electron chi connectivity index (χ3n) is 4.48. The second-order valence-corrected chi connectivity index (χ2v) is 8.88. The number of hydrogen-bond donors (Lipinski definition) is 0. The first-order chi connectivity index (χ1) is 14.9. The molecule has 4 rings (SSSR count). The standard InChI is InChI=1S/C23H16ClNO4S2/c1-14-4-2-5-16(10-14)22(27)29-19-8-7-15(11-18(19)24)12-20-21(26)25(23(30)31-20)13-17-6-3-9-28-17/h2-12H,13H2,1H3. The molecular formula is C23H16ClNO4S2. The van der Waals surface area contributed by atoms with Gasteiger partial charge in [-0.3, -0.25) is 9.69 Å². The van der Waals surface area contributed by atoms with Gasteiger partial charge in [-0.15, -0.1) is 0 Å². The third kappa shape index (κ3) is 4.90. The Hall–Kier alpha value is -2.87. The Morgan fingerprint density at radius 1 is 1.23 bits per heavy atom. The van der Waals surface area contributed by atoms with Crippen LogP contribution in [0.5, 0.6) is 5.75 Å². The van der Waals surface area contributed by atoms with Crippen molar-refractivity contribution in [1.82, 2.24) is 4.90 Å². The zero-order valence-corrected chi connectivity index (χ0v) is 18.7. The van der Waals surface area contributed by atoms with Gasteiger partial charge in [0.2, 0.25) is 0 Å². The quantitative estimate of drug-likeness (QED) is 0.202. The molecule has 0 unspecified atom stereocenters. The number of hydrogen-bond acceptors (Lipinski definition) is 6. The van der Waals surface area contributed by atoms with Gasteiger partial charge in [0.1, 0.15) is 15.8 Å². The zero-order chi connectivity index (χ0) is 22.0. The molecule has 0 aliphatic carbocycles. The van der Waals surface area contributed by atoms with Gasteiger partial charge in [0.25, 0.3) is 5.91 Å². The lowest BCUT2D eigenvalue weighted by atomic mass is 10.1. The summed E-state index contributed by atoms with van der Waals surface area (Å²) in [5.41, 5.74) is 2.10. The van der Waals surface area contributed by atoms with E-state index in [1.165, 1.54) is 16.7 Å². The average Bonchev–Trinajstić information content (AvgIpc) is 3.34. The number of amides is 1. The molecule has 8 heteroatoms. The van der Waals surface area contributed by atoms with Crippen molar-refractivity contribution in [3.63, 3.8) is 0 Å². The predicted octanol–water partition coefficient (Wildman–Crippen LogP) is 5.86. The highest BCUT2D eigenvalue weighted by atomic mass is 35.5. The molecule has 0 spiro atoms. The van der Waals surface area contributed by atoms with E-state index in [9.17, 15) is 9.59 Å². The summed E-state index contributed by atoms with van der Waals surface area (Å²) in [6.07, 6.45) is 3.26. The molecule has 1 aromatic heterocycles. The van der Waals surface area contributed by atoms with Crippen molar-refractivity contribution in [1.29, 1.82) is 0 Å². The second kappa shape index (κ2) is 9.09. The van der Waals surface area contributed by atoms with Crippen LogP contribution in [0.15, 0.2) is 70.2 Å². The minimum atomic E-state index is -0.489. The Kier molecular flexibility index (Phi) is 6.27. The van der Waals surface area contributed by atoms with Crippen LogP contribution in [-0.2, 0) is 11.3 Å². The van der Waals surface area contributed by atoms with E-state index in [-0.39, 0.29) is 23.2 Å². The van der Waals surface area contributed by atoms with Gasteiger partial charge in [0, 0.05) is 0 Å². The Balaban J connectivity index is 1.49. The molecule has 1 aliphatic heterocycles. The summed E-state index contributed by atoms with van der Waals surface area (Å²) >= 11 is 12.9. The first-order valence-corrected chi connectivity index (χ1v) is 10.9. The fourth-order valence-corrected chi connectivity index (χ4v) is 4.45. The highest BCUT2D eigenvalue weighted by Gasteiger charge is 2.32. The van der Waals surface area contributed by atoms with Crippen molar-refractivity contribution in [2.75, 3.05) is 0 Å². The van der Waals surface area contributed by atoms with Crippen molar-refractivity contribution < 1.29 is 18.7 Å². The predicted molar refractivity (Wildman–Crippen MR) is 125 cm³/mol. The maximum atomic E-state index is 12.7. The first-order valence-electron chi connectivity index (χ1n) is 9.27. The number of rotatable bonds is 5. The molecule has 1 saturated heterocycles. The maximum absolute atomic E-state index is 12.7. The van der Waals surface area contributed by atoms with Crippen molar-refractivity contribution in [3.8, 4) is 5.75 Å². The maximum Gasteiger partial charge on any atom is 0.343 e. The molecule has 5 nitrogen and oxygen atoms in total. The summed E-state index contributed by atoms with van der Waals surface area (Å²) in [7, 11) is 0. The molecule has 0 bridgehead atoms. The zero-order valence-electron chi connectivity index (χ0n) is 16.3. The molecular weight excluding hydrogens is 454 g/mol. The van der Waals surface area contributed by atoms with Crippen LogP contribution >= 0.6 is 35.6 Å². The molecule has 2 aromatic carbocycles. The Bertz CT molecular complexity index is 1200. The van der Waals surface area contributed by atoms with E-state index in [1.807, 2.05) is 13.0 Å². The molecule has 1 aliphatic rings. The lowest BCUT2D eigenvalue weighted by molar-refractivity contribution is -0.122. The number of esters is 1. The lowest BCUT2D eigenvalue weighted by Crippen LogP contribution is -2.27. The number of ether oxygens (including phenoxy) is 1. The minimum Gasteiger partial charge on any atom is -0.467 e. The Morgan fingerprint density at radius 3 is 2.77 bits per heavy atom. The van der Waals surface area contributed by atoms with E-state index < -0.39 is 5.97 Å². The van der Waals surface area contributed by atoms with Crippen molar-refractivity contribution >= 4 is 57.9 Å². The summed E-state index contributed by atoms with van der Waals surface area (Å²) in [5.74, 6) is 0.214. The molecule has 1 amide bonds. The number of benzene rings is 2. The van der Waals surface area contributed by atoms with Crippen LogP contribution in [0.1, 0.15) is 27.2 Å². The number of halogens is 1. The molecule has 1 fully saturated rings. The van der Waals surface area contributed by atoms with Crippen molar-refractivity contribution in [3.05, 3.63) is 93.2 Å². The van der Waals surface area contributed by atoms with Gasteiger partial charge < -0.3 is 9.15 Å². The summed E-state index contributed by atoms with van der Waals surface area (Å²) < 4.78 is 11.2. The summed E-state index contributed by atoms with van der Waals surface area (Å²) in [4.78, 5) is 27.1. The van der Waals surface area contributed by atoms with E-state index in [0.29, 0.717) is 26.1 Å². The number of carbonyl (C=O) groups excluding carboxylic acids is 2. The number of furan rings is 1. The van der Waals surface area contributed by atoms with E-state index in [2.05, 4.69) is 0 Å². The van der Waals surface area contributed by atoms with E-state index in [4.69, 9.17) is 33.0 Å². The van der Waals surface area contributed by atoms with E-state index in [0.717, 1.165) is 5.56 Å². The highest BCUT2D eigenvalue weighted by Crippen LogP contribution is 2.35. The van der Waals surface area contributed by atoms with Gasteiger partial charge >= 0.3 is 5.97 Å². The van der Waals surface area contributed by atoms with Crippen LogP contribution in [0, 0.1) is 6.92 Å². The lowest BCUT2D eigenvalue weighted by Gasteiger charge is -2.12. The Morgan fingerprint density at radius 2 is 2.06 bits per heavy atom. The molecule has 3 aromatic rings. The van der Waals surface area contributed by atoms with Gasteiger partial charge in [0.05, 0.1) is 28.3 Å². The highest BCUT2D eigenvalue weighted by molar-refractivity contribution is 8.26. The largest absolute Gasteiger partial charge is 0.467 e. The van der Waals surface area contributed by atoms with Crippen LogP contribution in [-0.4, -0.2) is 21.1 Å². The molecule has 0 radical (unpaired) electrons. The number of carbonyl (C=O) groups is 2. The first kappa shape index (κ1) is 21.4. The van der Waals surface area contributed by atoms with Crippen molar-refractivity contribution in [2.24, 2.45) is 0 Å². The molecule has 31 heavy (non-hydrogen) atoms. The van der Waals surface area contributed by atoms with E-state index >= 15 is 0 Å². The van der Waals surface area contributed by atoms with E-state index in [1.54, 1.807) is 60.9 Å². The molecule has 2 heterocycles. The second-order valence-electron chi connectivity index (χ2n) is 6.80. The number of nitrogens with zero attached hydrogens (tertiary/aromatic N) is 1. The van der Waals surface area contributed by atoms with Gasteiger partial charge in [-0.1, -0.05) is 59.3 Å². The van der Waals surface area contributed by atoms with Crippen LogP contribution in [0.25, 0.3) is 6.08 Å². The molecule has 0 atom stereocenters. The number of thiocarbonyl (C=S) groups is 1. The van der Waals surface area contributed by atoms with Gasteiger partial charge in [-0.05, 0) is 55.0 Å².